The molecule has 0 fully saturated rings. The molecule has 4 nitrogen and oxygen atoms in total. The van der Waals surface area contributed by atoms with Gasteiger partial charge in [0, 0.05) is 30.0 Å². The lowest BCUT2D eigenvalue weighted by Crippen LogP contribution is -2.15. The molecule has 1 aliphatic heterocycles. The Labute approximate surface area is 135 Å². The fourth-order valence-electron chi connectivity index (χ4n) is 2.65. The van der Waals surface area contributed by atoms with Crippen LogP contribution in [-0.4, -0.2) is 22.0 Å². The molecule has 0 aromatic heterocycles. The Hall–Kier alpha value is -1.72. The van der Waals surface area contributed by atoms with Crippen molar-refractivity contribution >= 4 is 33.0 Å². The summed E-state index contributed by atoms with van der Waals surface area (Å²) in [6.45, 7) is 0.969. The molecule has 22 heavy (non-hydrogen) atoms. The van der Waals surface area contributed by atoms with Crippen molar-refractivity contribution in [2.75, 3.05) is 23.2 Å². The van der Waals surface area contributed by atoms with Gasteiger partial charge in [-0.05, 0) is 47.9 Å². The van der Waals surface area contributed by atoms with E-state index < -0.39 is 10.0 Å². The van der Waals surface area contributed by atoms with Crippen molar-refractivity contribution < 1.29 is 8.42 Å². The number of hydrogen-bond acceptors (Lipinski definition) is 3. The summed E-state index contributed by atoms with van der Waals surface area (Å²) in [4.78, 5) is 2.17. The first-order chi connectivity index (χ1) is 10.4. The van der Waals surface area contributed by atoms with Gasteiger partial charge in [0.15, 0.2) is 0 Å². The highest BCUT2D eigenvalue weighted by atomic mass is 35.5. The molecule has 0 saturated carbocycles. The van der Waals surface area contributed by atoms with Gasteiger partial charge in [-0.1, -0.05) is 23.7 Å². The Balaban J connectivity index is 1.76. The minimum atomic E-state index is -3.44. The van der Waals surface area contributed by atoms with Gasteiger partial charge in [0.2, 0.25) is 10.0 Å². The molecule has 0 aliphatic carbocycles. The molecular formula is C16H17ClN2O2S. The normalized spacial score (nSPS) is 14.0. The molecule has 1 aliphatic rings. The summed E-state index contributed by atoms with van der Waals surface area (Å²) in [5.74, 6) is -0.0683. The quantitative estimate of drug-likeness (QED) is 0.932. The molecule has 6 heteroatoms. The molecule has 1 heterocycles. The Morgan fingerprint density at radius 3 is 2.64 bits per heavy atom. The van der Waals surface area contributed by atoms with Crippen LogP contribution in [0.4, 0.5) is 11.4 Å². The Bertz CT molecular complexity index is 788. The summed E-state index contributed by atoms with van der Waals surface area (Å²) < 4.78 is 27.2. The number of fused-ring (bicyclic) bond motifs is 1. The van der Waals surface area contributed by atoms with Crippen molar-refractivity contribution in [3.05, 3.63) is 58.6 Å². The summed E-state index contributed by atoms with van der Waals surface area (Å²) in [7, 11) is -1.40. The number of halogens is 1. The van der Waals surface area contributed by atoms with Crippen LogP contribution in [0.3, 0.4) is 0 Å². The second kappa shape index (κ2) is 5.82. The molecule has 2 aromatic rings. The van der Waals surface area contributed by atoms with Gasteiger partial charge in [-0.15, -0.1) is 0 Å². The lowest BCUT2D eigenvalue weighted by atomic mass is 10.1. The van der Waals surface area contributed by atoms with Gasteiger partial charge in [-0.25, -0.2) is 8.42 Å². The van der Waals surface area contributed by atoms with Crippen LogP contribution in [0.5, 0.6) is 0 Å². The van der Waals surface area contributed by atoms with Crippen molar-refractivity contribution in [2.24, 2.45) is 0 Å². The fourth-order valence-corrected chi connectivity index (χ4v) is 3.96. The van der Waals surface area contributed by atoms with Crippen LogP contribution >= 0.6 is 11.6 Å². The average Bonchev–Trinajstić information content (AvgIpc) is 2.82. The summed E-state index contributed by atoms with van der Waals surface area (Å²) in [6.07, 6.45) is 0.943. The van der Waals surface area contributed by atoms with E-state index in [1.54, 1.807) is 30.3 Å². The van der Waals surface area contributed by atoms with Crippen LogP contribution in [-0.2, 0) is 22.2 Å². The standard InChI is InChI=1S/C16H17ClN2O2S/c1-19-9-8-13-10-15(6-7-16(13)19)18-22(20,21)11-12-2-4-14(17)5-3-12/h2-7,10,18H,8-9,11H2,1H3. The van der Waals surface area contributed by atoms with Crippen LogP contribution < -0.4 is 9.62 Å². The maximum Gasteiger partial charge on any atom is 0.236 e. The van der Waals surface area contributed by atoms with Gasteiger partial charge in [0.05, 0.1) is 5.75 Å². The van der Waals surface area contributed by atoms with Gasteiger partial charge in [-0.2, -0.15) is 0 Å². The highest BCUT2D eigenvalue weighted by Gasteiger charge is 2.17. The van der Waals surface area contributed by atoms with Crippen molar-refractivity contribution in [3.8, 4) is 0 Å². The van der Waals surface area contributed by atoms with Crippen LogP contribution in [0, 0.1) is 0 Å². The first-order valence-electron chi connectivity index (χ1n) is 7.02. The largest absolute Gasteiger partial charge is 0.374 e. The predicted octanol–water partition coefficient (Wildman–Crippen LogP) is 3.27. The van der Waals surface area contributed by atoms with Crippen LogP contribution in [0.25, 0.3) is 0 Å². The molecule has 1 N–H and O–H groups in total. The SMILES string of the molecule is CN1CCc2cc(NS(=O)(=O)Cc3ccc(Cl)cc3)ccc21. The minimum absolute atomic E-state index is 0.0683. The van der Waals surface area contributed by atoms with E-state index in [4.69, 9.17) is 11.6 Å². The number of anilines is 2. The zero-order valence-corrected chi connectivity index (χ0v) is 13.8. The van der Waals surface area contributed by atoms with E-state index in [0.29, 0.717) is 16.3 Å². The lowest BCUT2D eigenvalue weighted by Gasteiger charge is -2.13. The molecule has 0 unspecified atom stereocenters. The zero-order chi connectivity index (χ0) is 15.7. The summed E-state index contributed by atoms with van der Waals surface area (Å²) in [5, 5.41) is 0.594. The molecule has 2 aromatic carbocycles. The van der Waals surface area contributed by atoms with E-state index in [-0.39, 0.29) is 5.75 Å². The van der Waals surface area contributed by atoms with Gasteiger partial charge in [0.1, 0.15) is 0 Å². The monoisotopic (exact) mass is 336 g/mol. The number of likely N-dealkylation sites (N-methyl/N-ethyl adjacent to an activating group) is 1. The van der Waals surface area contributed by atoms with E-state index in [2.05, 4.69) is 9.62 Å². The summed E-state index contributed by atoms with van der Waals surface area (Å²) in [6, 6.07) is 12.5. The van der Waals surface area contributed by atoms with Crippen molar-refractivity contribution in [2.45, 2.75) is 12.2 Å². The topological polar surface area (TPSA) is 49.4 Å². The van der Waals surface area contributed by atoms with Gasteiger partial charge < -0.3 is 4.90 Å². The summed E-state index contributed by atoms with van der Waals surface area (Å²) in [5.41, 5.74) is 3.66. The van der Waals surface area contributed by atoms with E-state index in [0.717, 1.165) is 13.0 Å². The molecule has 0 spiro atoms. The maximum atomic E-state index is 12.3. The minimum Gasteiger partial charge on any atom is -0.374 e. The van der Waals surface area contributed by atoms with E-state index in [1.807, 2.05) is 19.2 Å². The molecule has 0 radical (unpaired) electrons. The molecule has 0 bridgehead atoms. The van der Waals surface area contributed by atoms with Crippen LogP contribution in [0.2, 0.25) is 5.02 Å². The van der Waals surface area contributed by atoms with Crippen LogP contribution in [0.1, 0.15) is 11.1 Å². The molecule has 0 atom stereocenters. The third kappa shape index (κ3) is 3.36. The average molecular weight is 337 g/mol. The first kappa shape index (κ1) is 15.2. The number of hydrogen-bond donors (Lipinski definition) is 1. The smallest absolute Gasteiger partial charge is 0.236 e. The highest BCUT2D eigenvalue weighted by Crippen LogP contribution is 2.29. The van der Waals surface area contributed by atoms with Crippen molar-refractivity contribution in [1.82, 2.24) is 0 Å². The van der Waals surface area contributed by atoms with E-state index in [1.165, 1.54) is 11.3 Å². The second-order valence-corrected chi connectivity index (χ2v) is 7.66. The second-order valence-electron chi connectivity index (χ2n) is 5.50. The molecule has 116 valence electrons. The predicted molar refractivity (Wildman–Crippen MR) is 91.1 cm³/mol. The molecule has 0 amide bonds. The number of sulfonamides is 1. The van der Waals surface area contributed by atoms with Gasteiger partial charge in [-0.3, -0.25) is 4.72 Å². The van der Waals surface area contributed by atoms with Crippen LogP contribution in [0.15, 0.2) is 42.5 Å². The Morgan fingerprint density at radius 1 is 1.18 bits per heavy atom. The lowest BCUT2D eigenvalue weighted by molar-refractivity contribution is 0.600. The van der Waals surface area contributed by atoms with Crippen molar-refractivity contribution in [3.63, 3.8) is 0 Å². The number of rotatable bonds is 4. The van der Waals surface area contributed by atoms with E-state index in [9.17, 15) is 8.42 Å². The van der Waals surface area contributed by atoms with E-state index >= 15 is 0 Å². The molecule has 0 saturated heterocycles. The number of nitrogens with zero attached hydrogens (tertiary/aromatic N) is 1. The Kier molecular flexibility index (Phi) is 4.02. The molecular weight excluding hydrogens is 320 g/mol. The van der Waals surface area contributed by atoms with Gasteiger partial charge >= 0.3 is 0 Å². The third-order valence-corrected chi connectivity index (χ3v) is 5.26. The molecule has 3 rings (SSSR count). The number of nitrogens with one attached hydrogen (secondary N) is 1. The van der Waals surface area contributed by atoms with Gasteiger partial charge in [0.25, 0.3) is 0 Å². The van der Waals surface area contributed by atoms with Crippen molar-refractivity contribution in [1.29, 1.82) is 0 Å². The summed E-state index contributed by atoms with van der Waals surface area (Å²) >= 11 is 5.81. The fraction of sp³-hybridized carbons (Fsp3) is 0.250. The number of benzene rings is 2. The maximum absolute atomic E-state index is 12.3. The first-order valence-corrected chi connectivity index (χ1v) is 9.05. The zero-order valence-electron chi connectivity index (χ0n) is 12.2. The highest BCUT2D eigenvalue weighted by molar-refractivity contribution is 7.91. The Morgan fingerprint density at radius 2 is 1.91 bits per heavy atom. The third-order valence-electron chi connectivity index (χ3n) is 3.75.